The molecule has 5 heteroatoms. The van der Waals surface area contributed by atoms with E-state index in [0.29, 0.717) is 19.4 Å². The van der Waals surface area contributed by atoms with Gasteiger partial charge in [-0.05, 0) is 50.2 Å². The Bertz CT molecular complexity index is 444. The third-order valence-electron chi connectivity index (χ3n) is 3.32. The number of hydrogen-bond donors (Lipinski definition) is 2. The van der Waals surface area contributed by atoms with Gasteiger partial charge in [0.15, 0.2) is 0 Å². The molecule has 1 aliphatic rings. The number of amides is 1. The number of hydrogen-bond acceptors (Lipinski definition) is 3. The van der Waals surface area contributed by atoms with Crippen LogP contribution < -0.4 is 5.32 Å². The van der Waals surface area contributed by atoms with E-state index in [0.717, 1.165) is 17.7 Å². The summed E-state index contributed by atoms with van der Waals surface area (Å²) in [4.78, 5) is 24.4. The Morgan fingerprint density at radius 3 is 2.79 bits per heavy atom. The van der Waals surface area contributed by atoms with Crippen molar-refractivity contribution in [3.05, 3.63) is 21.4 Å². The first-order valence-corrected chi connectivity index (χ1v) is 7.60. The van der Waals surface area contributed by atoms with E-state index in [-0.39, 0.29) is 12.3 Å². The molecular formula is C14H19NO3S. The lowest BCUT2D eigenvalue weighted by Crippen LogP contribution is -2.23. The molecule has 1 aliphatic carbocycles. The maximum Gasteiger partial charge on any atom is 0.303 e. The molecule has 1 amide bonds. The molecule has 2 rings (SSSR count). The molecule has 0 saturated carbocycles. The Kier molecular flexibility index (Phi) is 4.96. The zero-order valence-corrected chi connectivity index (χ0v) is 11.7. The van der Waals surface area contributed by atoms with Crippen LogP contribution in [0.5, 0.6) is 0 Å². The Balaban J connectivity index is 1.77. The smallest absolute Gasteiger partial charge is 0.303 e. The molecule has 0 aliphatic heterocycles. The highest BCUT2D eigenvalue weighted by atomic mass is 32.1. The highest BCUT2D eigenvalue weighted by molar-refractivity contribution is 7.14. The number of rotatable bonds is 6. The van der Waals surface area contributed by atoms with Crippen LogP contribution in [0.2, 0.25) is 0 Å². The highest BCUT2D eigenvalue weighted by Crippen LogP contribution is 2.29. The van der Waals surface area contributed by atoms with Crippen LogP contribution in [0.1, 0.15) is 52.2 Å². The molecule has 0 atom stereocenters. The van der Waals surface area contributed by atoms with E-state index in [1.54, 1.807) is 11.3 Å². The van der Waals surface area contributed by atoms with Crippen molar-refractivity contribution in [1.82, 2.24) is 5.32 Å². The lowest BCUT2D eigenvalue weighted by molar-refractivity contribution is -0.137. The fraction of sp³-hybridized carbons (Fsp3) is 0.571. The second kappa shape index (κ2) is 6.70. The van der Waals surface area contributed by atoms with Gasteiger partial charge in [0.1, 0.15) is 0 Å². The van der Waals surface area contributed by atoms with Crippen LogP contribution in [-0.2, 0) is 17.6 Å². The first-order valence-electron chi connectivity index (χ1n) is 6.78. The van der Waals surface area contributed by atoms with E-state index in [4.69, 9.17) is 5.11 Å². The van der Waals surface area contributed by atoms with Gasteiger partial charge in [0, 0.05) is 17.8 Å². The molecule has 0 unspecified atom stereocenters. The summed E-state index contributed by atoms with van der Waals surface area (Å²) in [6, 6.07) is 2.02. The quantitative estimate of drug-likeness (QED) is 0.788. The molecule has 0 radical (unpaired) electrons. The molecule has 1 aromatic rings. The van der Waals surface area contributed by atoms with E-state index in [1.807, 2.05) is 6.07 Å². The monoisotopic (exact) mass is 281 g/mol. The number of carbonyl (C=O) groups excluding carboxylic acids is 1. The van der Waals surface area contributed by atoms with Gasteiger partial charge in [0.25, 0.3) is 5.91 Å². The van der Waals surface area contributed by atoms with Crippen LogP contribution in [0.4, 0.5) is 0 Å². The van der Waals surface area contributed by atoms with Crippen LogP contribution in [0.25, 0.3) is 0 Å². The van der Waals surface area contributed by atoms with E-state index in [9.17, 15) is 9.59 Å². The summed E-state index contributed by atoms with van der Waals surface area (Å²) in [6.45, 7) is 0.550. The fourth-order valence-electron chi connectivity index (χ4n) is 2.29. The number of nitrogens with one attached hydrogen (secondary N) is 1. The lowest BCUT2D eigenvalue weighted by atomic mass is 9.99. The summed E-state index contributed by atoms with van der Waals surface area (Å²) in [6.07, 6.45) is 6.14. The van der Waals surface area contributed by atoms with Gasteiger partial charge in [0.2, 0.25) is 0 Å². The highest BCUT2D eigenvalue weighted by Gasteiger charge is 2.16. The van der Waals surface area contributed by atoms with E-state index < -0.39 is 5.97 Å². The SMILES string of the molecule is O=C(O)CCCCNC(=O)c1cc2c(s1)CCCC2. The van der Waals surface area contributed by atoms with Gasteiger partial charge in [0.05, 0.1) is 4.88 Å². The van der Waals surface area contributed by atoms with Gasteiger partial charge < -0.3 is 10.4 Å². The van der Waals surface area contributed by atoms with E-state index in [2.05, 4.69) is 5.32 Å². The topological polar surface area (TPSA) is 66.4 Å². The number of thiophene rings is 1. The van der Waals surface area contributed by atoms with Gasteiger partial charge in [-0.1, -0.05) is 0 Å². The summed E-state index contributed by atoms with van der Waals surface area (Å²) in [5, 5.41) is 11.4. The summed E-state index contributed by atoms with van der Waals surface area (Å²) in [5.74, 6) is -0.799. The molecule has 0 aromatic carbocycles. The molecular weight excluding hydrogens is 262 g/mol. The Labute approximate surface area is 116 Å². The van der Waals surface area contributed by atoms with Gasteiger partial charge in [-0.2, -0.15) is 0 Å². The summed E-state index contributed by atoms with van der Waals surface area (Å²) in [5.41, 5.74) is 1.34. The zero-order chi connectivity index (χ0) is 13.7. The summed E-state index contributed by atoms with van der Waals surface area (Å²) in [7, 11) is 0. The minimum atomic E-state index is -0.780. The van der Waals surface area contributed by atoms with Crippen molar-refractivity contribution < 1.29 is 14.7 Å². The number of fused-ring (bicyclic) bond motifs is 1. The van der Waals surface area contributed by atoms with Crippen molar-refractivity contribution in [2.75, 3.05) is 6.54 Å². The van der Waals surface area contributed by atoms with Crippen LogP contribution in [0.15, 0.2) is 6.07 Å². The largest absolute Gasteiger partial charge is 0.481 e. The number of unbranched alkanes of at least 4 members (excludes halogenated alkanes) is 1. The summed E-state index contributed by atoms with van der Waals surface area (Å²) < 4.78 is 0. The number of carboxylic acid groups (broad SMARTS) is 1. The van der Waals surface area contributed by atoms with Crippen molar-refractivity contribution in [2.45, 2.75) is 44.9 Å². The van der Waals surface area contributed by atoms with Gasteiger partial charge >= 0.3 is 5.97 Å². The minimum Gasteiger partial charge on any atom is -0.481 e. The first kappa shape index (κ1) is 14.1. The van der Waals surface area contributed by atoms with Crippen molar-refractivity contribution in [2.24, 2.45) is 0 Å². The van der Waals surface area contributed by atoms with Crippen molar-refractivity contribution in [3.8, 4) is 0 Å². The van der Waals surface area contributed by atoms with Crippen LogP contribution in [0, 0.1) is 0 Å². The number of aliphatic carboxylic acids is 1. The normalized spacial score (nSPS) is 13.9. The standard InChI is InChI=1S/C14H19NO3S/c16-13(17)7-3-4-8-15-14(18)12-9-10-5-1-2-6-11(10)19-12/h9H,1-8H2,(H,15,18)(H,16,17). The molecule has 0 saturated heterocycles. The molecule has 1 heterocycles. The second-order valence-corrected chi connectivity index (χ2v) is 6.01. The maximum atomic E-state index is 11.9. The molecule has 1 aromatic heterocycles. The van der Waals surface area contributed by atoms with Crippen LogP contribution >= 0.6 is 11.3 Å². The maximum absolute atomic E-state index is 11.9. The van der Waals surface area contributed by atoms with Gasteiger partial charge in [-0.25, -0.2) is 0 Å². The zero-order valence-electron chi connectivity index (χ0n) is 10.9. The minimum absolute atomic E-state index is 0.0188. The Hall–Kier alpha value is -1.36. The van der Waals surface area contributed by atoms with Crippen LogP contribution in [0.3, 0.4) is 0 Å². The van der Waals surface area contributed by atoms with Crippen molar-refractivity contribution >= 4 is 23.2 Å². The number of carboxylic acids is 1. The number of aryl methyl sites for hydroxylation is 2. The average Bonchev–Trinajstić information content (AvgIpc) is 2.81. The first-order chi connectivity index (χ1) is 9.16. The molecule has 104 valence electrons. The predicted octanol–water partition coefficient (Wildman–Crippen LogP) is 2.61. The molecule has 0 spiro atoms. The summed E-state index contributed by atoms with van der Waals surface area (Å²) >= 11 is 1.61. The van der Waals surface area contributed by atoms with Crippen molar-refractivity contribution in [3.63, 3.8) is 0 Å². The molecule has 4 nitrogen and oxygen atoms in total. The van der Waals surface area contributed by atoms with Gasteiger partial charge in [-0.3, -0.25) is 9.59 Å². The molecule has 0 bridgehead atoms. The third-order valence-corrected chi connectivity index (χ3v) is 4.56. The molecule has 19 heavy (non-hydrogen) atoms. The molecule has 0 fully saturated rings. The van der Waals surface area contributed by atoms with E-state index >= 15 is 0 Å². The predicted molar refractivity (Wildman–Crippen MR) is 74.8 cm³/mol. The third kappa shape index (κ3) is 4.06. The van der Waals surface area contributed by atoms with Gasteiger partial charge in [-0.15, -0.1) is 11.3 Å². The lowest BCUT2D eigenvalue weighted by Gasteiger charge is -2.08. The van der Waals surface area contributed by atoms with Crippen molar-refractivity contribution in [1.29, 1.82) is 0 Å². The fourth-order valence-corrected chi connectivity index (χ4v) is 3.46. The average molecular weight is 281 g/mol. The Morgan fingerprint density at radius 2 is 2.05 bits per heavy atom. The second-order valence-electron chi connectivity index (χ2n) is 4.87. The number of carbonyl (C=O) groups is 2. The Morgan fingerprint density at radius 1 is 1.26 bits per heavy atom. The van der Waals surface area contributed by atoms with Crippen LogP contribution in [-0.4, -0.2) is 23.5 Å². The van der Waals surface area contributed by atoms with E-state index in [1.165, 1.54) is 23.3 Å². The molecule has 2 N–H and O–H groups in total.